The van der Waals surface area contributed by atoms with Gasteiger partial charge in [-0.15, -0.1) is 0 Å². The number of anilines is 1. The van der Waals surface area contributed by atoms with E-state index in [-0.39, 0.29) is 12.5 Å². The highest BCUT2D eigenvalue weighted by molar-refractivity contribution is 9.10. The van der Waals surface area contributed by atoms with Crippen LogP contribution >= 0.6 is 15.9 Å². The van der Waals surface area contributed by atoms with Crippen LogP contribution in [0.1, 0.15) is 11.1 Å². The first-order valence-corrected chi connectivity index (χ1v) is 9.32. The second-order valence-corrected chi connectivity index (χ2v) is 6.84. The van der Waals surface area contributed by atoms with Crippen LogP contribution in [0.3, 0.4) is 0 Å². The Morgan fingerprint density at radius 2 is 1.75 bits per heavy atom. The zero-order valence-corrected chi connectivity index (χ0v) is 16.5. The summed E-state index contributed by atoms with van der Waals surface area (Å²) in [7, 11) is 0. The van der Waals surface area contributed by atoms with Gasteiger partial charge < -0.3 is 14.8 Å². The van der Waals surface area contributed by atoms with Gasteiger partial charge in [0.15, 0.2) is 6.61 Å². The molecule has 0 spiro atoms. The van der Waals surface area contributed by atoms with Gasteiger partial charge in [-0.3, -0.25) is 4.79 Å². The van der Waals surface area contributed by atoms with Crippen LogP contribution in [-0.2, 0) is 11.4 Å². The summed E-state index contributed by atoms with van der Waals surface area (Å²) in [5, 5.41) is 11.7. The molecule has 0 bridgehead atoms. The molecular formula is C22H17BrN2O3. The molecule has 0 radical (unpaired) electrons. The van der Waals surface area contributed by atoms with Gasteiger partial charge in [0.1, 0.15) is 18.1 Å². The number of benzene rings is 3. The van der Waals surface area contributed by atoms with Crippen molar-refractivity contribution in [1.82, 2.24) is 0 Å². The van der Waals surface area contributed by atoms with E-state index in [1.165, 1.54) is 0 Å². The average molecular weight is 437 g/mol. The lowest BCUT2D eigenvalue weighted by atomic mass is 10.1. The standard InChI is InChI=1S/C22H17BrN2O3/c23-18-7-9-20(10-8-18)28-15-22(26)25-19-5-2-6-21(12-19)27-14-17-4-1-3-16(11-17)13-24/h1-12H,14-15H2,(H,25,26). The highest BCUT2D eigenvalue weighted by Crippen LogP contribution is 2.19. The fraction of sp³-hybridized carbons (Fsp3) is 0.0909. The molecule has 5 nitrogen and oxygen atoms in total. The summed E-state index contributed by atoms with van der Waals surface area (Å²) in [4.78, 5) is 12.1. The first kappa shape index (κ1) is 19.5. The summed E-state index contributed by atoms with van der Waals surface area (Å²) in [5.74, 6) is 0.978. The van der Waals surface area contributed by atoms with E-state index in [9.17, 15) is 4.79 Å². The molecule has 6 heteroatoms. The molecule has 0 unspecified atom stereocenters. The van der Waals surface area contributed by atoms with Gasteiger partial charge in [0, 0.05) is 16.2 Å². The van der Waals surface area contributed by atoms with E-state index in [4.69, 9.17) is 14.7 Å². The van der Waals surface area contributed by atoms with Crippen LogP contribution in [0.2, 0.25) is 0 Å². The Balaban J connectivity index is 1.53. The molecule has 1 amide bonds. The third-order valence-corrected chi connectivity index (χ3v) is 4.29. The molecule has 0 aliphatic rings. The summed E-state index contributed by atoms with van der Waals surface area (Å²) in [5.41, 5.74) is 2.11. The van der Waals surface area contributed by atoms with E-state index >= 15 is 0 Å². The maximum atomic E-state index is 12.1. The molecule has 1 N–H and O–H groups in total. The minimum absolute atomic E-state index is 0.0896. The van der Waals surface area contributed by atoms with E-state index in [1.807, 2.05) is 30.3 Å². The minimum atomic E-state index is -0.262. The highest BCUT2D eigenvalue weighted by Gasteiger charge is 2.05. The predicted molar refractivity (Wildman–Crippen MR) is 110 cm³/mol. The highest BCUT2D eigenvalue weighted by atomic mass is 79.9. The molecule has 0 aliphatic carbocycles. The number of carbonyl (C=O) groups is 1. The predicted octanol–water partition coefficient (Wildman–Crippen LogP) is 4.92. The van der Waals surface area contributed by atoms with Crippen molar-refractivity contribution in [2.24, 2.45) is 0 Å². The second kappa shape index (κ2) is 9.58. The number of halogens is 1. The van der Waals surface area contributed by atoms with Gasteiger partial charge in [-0.2, -0.15) is 5.26 Å². The van der Waals surface area contributed by atoms with Gasteiger partial charge in [0.05, 0.1) is 11.6 Å². The van der Waals surface area contributed by atoms with Gasteiger partial charge >= 0.3 is 0 Å². The number of nitriles is 1. The zero-order valence-electron chi connectivity index (χ0n) is 14.9. The van der Waals surface area contributed by atoms with Crippen LogP contribution in [0.25, 0.3) is 0 Å². The second-order valence-electron chi connectivity index (χ2n) is 5.92. The van der Waals surface area contributed by atoms with Gasteiger partial charge in [0.2, 0.25) is 0 Å². The molecule has 0 fully saturated rings. The Hall–Kier alpha value is -3.30. The third-order valence-electron chi connectivity index (χ3n) is 3.76. The van der Waals surface area contributed by atoms with Crippen molar-refractivity contribution < 1.29 is 14.3 Å². The summed E-state index contributed by atoms with van der Waals surface area (Å²) >= 11 is 3.35. The van der Waals surface area contributed by atoms with Crippen LogP contribution < -0.4 is 14.8 Å². The van der Waals surface area contributed by atoms with Crippen LogP contribution in [0.4, 0.5) is 5.69 Å². The molecule has 3 aromatic rings. The maximum Gasteiger partial charge on any atom is 0.262 e. The maximum absolute atomic E-state index is 12.1. The molecule has 0 atom stereocenters. The van der Waals surface area contributed by atoms with Crippen LogP contribution in [0.15, 0.2) is 77.3 Å². The molecule has 140 valence electrons. The smallest absolute Gasteiger partial charge is 0.262 e. The molecular weight excluding hydrogens is 420 g/mol. The fourth-order valence-electron chi connectivity index (χ4n) is 2.44. The van der Waals surface area contributed by atoms with Crippen LogP contribution in [-0.4, -0.2) is 12.5 Å². The number of amides is 1. The first-order valence-electron chi connectivity index (χ1n) is 8.52. The first-order chi connectivity index (χ1) is 13.6. The molecule has 3 aromatic carbocycles. The molecule has 0 saturated carbocycles. The summed E-state index contributed by atoms with van der Waals surface area (Å²) < 4.78 is 12.2. The van der Waals surface area contributed by atoms with Gasteiger partial charge in [-0.1, -0.05) is 34.1 Å². The average Bonchev–Trinajstić information content (AvgIpc) is 2.72. The lowest BCUT2D eigenvalue weighted by molar-refractivity contribution is -0.118. The van der Waals surface area contributed by atoms with Crippen LogP contribution in [0, 0.1) is 11.3 Å². The number of ether oxygens (including phenoxy) is 2. The topological polar surface area (TPSA) is 71.3 Å². The molecule has 3 rings (SSSR count). The largest absolute Gasteiger partial charge is 0.489 e. The van der Waals surface area contributed by atoms with Crippen LogP contribution in [0.5, 0.6) is 11.5 Å². The summed E-state index contributed by atoms with van der Waals surface area (Å²) in [6, 6.07) is 23.7. The van der Waals surface area contributed by atoms with Gasteiger partial charge in [-0.05, 0) is 54.1 Å². The van der Waals surface area contributed by atoms with Crippen molar-refractivity contribution >= 4 is 27.5 Å². The third kappa shape index (κ3) is 5.86. The quantitative estimate of drug-likeness (QED) is 0.570. The number of nitrogens with one attached hydrogen (secondary N) is 1. The van der Waals surface area contributed by atoms with Gasteiger partial charge in [0.25, 0.3) is 5.91 Å². The van der Waals surface area contributed by atoms with Crippen molar-refractivity contribution in [3.63, 3.8) is 0 Å². The van der Waals surface area contributed by atoms with E-state index in [0.717, 1.165) is 10.0 Å². The Labute approximate surface area is 171 Å². The summed E-state index contributed by atoms with van der Waals surface area (Å²) in [6.07, 6.45) is 0. The Morgan fingerprint density at radius 1 is 0.964 bits per heavy atom. The fourth-order valence-corrected chi connectivity index (χ4v) is 2.70. The molecule has 28 heavy (non-hydrogen) atoms. The zero-order chi connectivity index (χ0) is 19.8. The van der Waals surface area contributed by atoms with Crippen molar-refractivity contribution in [3.8, 4) is 17.6 Å². The number of carbonyl (C=O) groups excluding carboxylic acids is 1. The van der Waals surface area contributed by atoms with Crippen molar-refractivity contribution in [2.45, 2.75) is 6.61 Å². The molecule has 0 saturated heterocycles. The van der Waals surface area contributed by atoms with E-state index < -0.39 is 0 Å². The van der Waals surface area contributed by atoms with E-state index in [2.05, 4.69) is 27.3 Å². The number of rotatable bonds is 7. The Morgan fingerprint density at radius 3 is 2.54 bits per heavy atom. The lowest BCUT2D eigenvalue weighted by Gasteiger charge is -2.10. The van der Waals surface area contributed by atoms with E-state index in [1.54, 1.807) is 42.5 Å². The Kier molecular flexibility index (Phi) is 6.66. The lowest BCUT2D eigenvalue weighted by Crippen LogP contribution is -2.20. The van der Waals surface area contributed by atoms with Crippen molar-refractivity contribution in [3.05, 3.63) is 88.4 Å². The van der Waals surface area contributed by atoms with E-state index in [0.29, 0.717) is 29.4 Å². The van der Waals surface area contributed by atoms with Gasteiger partial charge in [-0.25, -0.2) is 0 Å². The monoisotopic (exact) mass is 436 g/mol. The van der Waals surface area contributed by atoms with Crippen molar-refractivity contribution in [1.29, 1.82) is 5.26 Å². The number of nitrogens with zero attached hydrogens (tertiary/aromatic N) is 1. The summed E-state index contributed by atoms with van der Waals surface area (Å²) in [6.45, 7) is 0.243. The molecule has 0 aliphatic heterocycles. The molecule has 0 aromatic heterocycles. The SMILES string of the molecule is N#Cc1cccc(COc2cccc(NC(=O)COc3ccc(Br)cc3)c2)c1. The number of hydrogen-bond donors (Lipinski definition) is 1. The minimum Gasteiger partial charge on any atom is -0.489 e. The normalized spacial score (nSPS) is 10.0. The molecule has 0 heterocycles. The van der Waals surface area contributed by atoms with Crippen molar-refractivity contribution in [2.75, 3.05) is 11.9 Å². The Bertz CT molecular complexity index is 997. The number of hydrogen-bond acceptors (Lipinski definition) is 4.